The van der Waals surface area contributed by atoms with Crippen molar-refractivity contribution in [1.82, 2.24) is 4.98 Å². The molecule has 0 amide bonds. The second-order valence-corrected chi connectivity index (χ2v) is 6.28. The minimum atomic E-state index is 0.793. The summed E-state index contributed by atoms with van der Waals surface area (Å²) in [6.45, 7) is 4.22. The fourth-order valence-corrected chi connectivity index (χ4v) is 3.50. The van der Waals surface area contributed by atoms with E-state index in [1.807, 2.05) is 18.2 Å². The van der Waals surface area contributed by atoms with E-state index in [2.05, 4.69) is 37.4 Å². The van der Waals surface area contributed by atoms with Gasteiger partial charge in [-0.05, 0) is 37.6 Å². The molecule has 3 rings (SSSR count). The Bertz CT molecular complexity index is 839. The third-order valence-corrected chi connectivity index (χ3v) is 4.67. The highest BCUT2D eigenvalue weighted by molar-refractivity contribution is 7.13. The molecule has 0 bridgehead atoms. The van der Waals surface area contributed by atoms with Gasteiger partial charge in [0.25, 0.3) is 0 Å². The van der Waals surface area contributed by atoms with Gasteiger partial charge in [0, 0.05) is 16.5 Å². The normalized spacial score (nSPS) is 10.6. The molecule has 0 fully saturated rings. The van der Waals surface area contributed by atoms with E-state index < -0.39 is 0 Å². The number of aryl methyl sites for hydroxylation is 2. The first-order valence-corrected chi connectivity index (χ1v) is 8.26. The molecule has 0 radical (unpaired) electrons. The summed E-state index contributed by atoms with van der Waals surface area (Å²) >= 11 is 1.64. The van der Waals surface area contributed by atoms with Gasteiger partial charge in [0.2, 0.25) is 0 Å². The molecule has 23 heavy (non-hydrogen) atoms. The topological polar surface area (TPSA) is 31.4 Å². The Morgan fingerprint density at radius 3 is 2.43 bits per heavy atom. The molecule has 0 unspecified atom stereocenters. The van der Waals surface area contributed by atoms with Crippen molar-refractivity contribution in [2.24, 2.45) is 0 Å². The molecule has 118 valence electrons. The van der Waals surface area contributed by atoms with Crippen molar-refractivity contribution >= 4 is 11.3 Å². The van der Waals surface area contributed by atoms with Gasteiger partial charge in [-0.25, -0.2) is 4.98 Å². The molecule has 0 aliphatic carbocycles. The maximum absolute atomic E-state index is 5.46. The van der Waals surface area contributed by atoms with Crippen LogP contribution >= 0.6 is 11.3 Å². The van der Waals surface area contributed by atoms with Gasteiger partial charge in [0.1, 0.15) is 16.5 Å². The average Bonchev–Trinajstić information content (AvgIpc) is 3.03. The van der Waals surface area contributed by atoms with Gasteiger partial charge in [-0.15, -0.1) is 11.3 Å². The lowest BCUT2D eigenvalue weighted by Crippen LogP contribution is -1.91. The Balaban J connectivity index is 2.05. The van der Waals surface area contributed by atoms with Crippen LogP contribution in [0.4, 0.5) is 0 Å². The van der Waals surface area contributed by atoms with E-state index in [4.69, 9.17) is 14.5 Å². The van der Waals surface area contributed by atoms with Gasteiger partial charge in [0.15, 0.2) is 0 Å². The van der Waals surface area contributed by atoms with Gasteiger partial charge in [-0.3, -0.25) is 0 Å². The number of methoxy groups -OCH3 is 2. The summed E-state index contributed by atoms with van der Waals surface area (Å²) < 4.78 is 10.8. The zero-order valence-electron chi connectivity index (χ0n) is 13.7. The monoisotopic (exact) mass is 325 g/mol. The molecule has 3 aromatic rings. The largest absolute Gasteiger partial charge is 0.497 e. The van der Waals surface area contributed by atoms with Crippen molar-refractivity contribution in [1.29, 1.82) is 0 Å². The molecule has 1 aromatic heterocycles. The molecule has 2 aromatic carbocycles. The lowest BCUT2D eigenvalue weighted by molar-refractivity contribution is 0.404. The molecule has 0 saturated heterocycles. The Kier molecular flexibility index (Phi) is 4.35. The Morgan fingerprint density at radius 2 is 1.74 bits per heavy atom. The van der Waals surface area contributed by atoms with Gasteiger partial charge in [-0.2, -0.15) is 0 Å². The van der Waals surface area contributed by atoms with Gasteiger partial charge in [0.05, 0.1) is 19.9 Å². The Hall–Kier alpha value is -2.33. The van der Waals surface area contributed by atoms with Gasteiger partial charge in [-0.1, -0.05) is 23.8 Å². The zero-order chi connectivity index (χ0) is 16.4. The van der Waals surface area contributed by atoms with Crippen molar-refractivity contribution in [3.8, 4) is 33.3 Å². The van der Waals surface area contributed by atoms with Crippen LogP contribution in [0.5, 0.6) is 11.5 Å². The van der Waals surface area contributed by atoms with Crippen LogP contribution in [0.25, 0.3) is 21.8 Å². The summed E-state index contributed by atoms with van der Waals surface area (Å²) in [7, 11) is 3.33. The van der Waals surface area contributed by atoms with Gasteiger partial charge < -0.3 is 9.47 Å². The number of thiazole rings is 1. The Morgan fingerprint density at radius 1 is 0.913 bits per heavy atom. The smallest absolute Gasteiger partial charge is 0.128 e. The van der Waals surface area contributed by atoms with E-state index in [1.54, 1.807) is 25.6 Å². The molecule has 0 saturated carbocycles. The molecule has 0 aliphatic rings. The minimum Gasteiger partial charge on any atom is -0.497 e. The molecular weight excluding hydrogens is 306 g/mol. The molecule has 0 aliphatic heterocycles. The lowest BCUT2D eigenvalue weighted by atomic mass is 10.1. The summed E-state index contributed by atoms with van der Waals surface area (Å²) in [5.74, 6) is 1.59. The average molecular weight is 325 g/mol. The van der Waals surface area contributed by atoms with Crippen molar-refractivity contribution in [2.45, 2.75) is 13.8 Å². The zero-order valence-corrected chi connectivity index (χ0v) is 14.5. The highest BCUT2D eigenvalue weighted by atomic mass is 32.1. The number of ether oxygens (including phenoxy) is 2. The number of hydrogen-bond donors (Lipinski definition) is 0. The van der Waals surface area contributed by atoms with Crippen molar-refractivity contribution in [3.63, 3.8) is 0 Å². The number of benzene rings is 2. The van der Waals surface area contributed by atoms with Crippen LogP contribution in [-0.4, -0.2) is 19.2 Å². The molecule has 3 nitrogen and oxygen atoms in total. The third kappa shape index (κ3) is 3.08. The predicted molar refractivity (Wildman–Crippen MR) is 95.6 cm³/mol. The van der Waals surface area contributed by atoms with E-state index in [9.17, 15) is 0 Å². The summed E-state index contributed by atoms with van der Waals surface area (Å²) in [4.78, 5) is 4.81. The number of nitrogens with zero attached hydrogens (tertiary/aromatic N) is 1. The number of aromatic nitrogens is 1. The summed E-state index contributed by atoms with van der Waals surface area (Å²) in [6, 6.07) is 12.2. The first-order chi connectivity index (χ1) is 11.1. The first-order valence-electron chi connectivity index (χ1n) is 7.38. The highest BCUT2D eigenvalue weighted by Crippen LogP contribution is 2.36. The molecule has 1 heterocycles. The lowest BCUT2D eigenvalue weighted by Gasteiger charge is -2.08. The second kappa shape index (κ2) is 6.42. The number of hydrogen-bond acceptors (Lipinski definition) is 4. The standard InChI is InChI=1S/C19H19NO2S/c1-12-5-7-15(13(2)9-12)19-20-17(11-23-19)16-10-14(21-3)6-8-18(16)22-4/h5-11H,1-4H3. The minimum absolute atomic E-state index is 0.793. The Labute approximate surface area is 140 Å². The maximum Gasteiger partial charge on any atom is 0.128 e. The van der Waals surface area contributed by atoms with Crippen molar-refractivity contribution < 1.29 is 9.47 Å². The molecule has 0 atom stereocenters. The molecule has 4 heteroatoms. The third-order valence-electron chi connectivity index (χ3n) is 3.80. The van der Waals surface area contributed by atoms with Crippen LogP contribution in [0.2, 0.25) is 0 Å². The quantitative estimate of drug-likeness (QED) is 0.668. The molecule has 0 spiro atoms. The van der Waals surface area contributed by atoms with Crippen LogP contribution in [-0.2, 0) is 0 Å². The fraction of sp³-hybridized carbons (Fsp3) is 0.211. The van der Waals surface area contributed by atoms with E-state index in [-0.39, 0.29) is 0 Å². The highest BCUT2D eigenvalue weighted by Gasteiger charge is 2.13. The summed E-state index contributed by atoms with van der Waals surface area (Å²) in [5.41, 5.74) is 5.52. The number of rotatable bonds is 4. The summed E-state index contributed by atoms with van der Waals surface area (Å²) in [6.07, 6.45) is 0. The van der Waals surface area contributed by atoms with Crippen molar-refractivity contribution in [3.05, 3.63) is 52.9 Å². The van der Waals surface area contributed by atoms with E-state index in [0.29, 0.717) is 0 Å². The first kappa shape index (κ1) is 15.6. The van der Waals surface area contributed by atoms with Crippen molar-refractivity contribution in [2.75, 3.05) is 14.2 Å². The van der Waals surface area contributed by atoms with E-state index in [1.165, 1.54) is 16.7 Å². The van der Waals surface area contributed by atoms with Crippen LogP contribution in [0.1, 0.15) is 11.1 Å². The van der Waals surface area contributed by atoms with Crippen LogP contribution in [0.15, 0.2) is 41.8 Å². The van der Waals surface area contributed by atoms with E-state index in [0.717, 1.165) is 27.8 Å². The van der Waals surface area contributed by atoms with Crippen LogP contribution in [0, 0.1) is 13.8 Å². The predicted octanol–water partition coefficient (Wildman–Crippen LogP) is 5.11. The SMILES string of the molecule is COc1ccc(OC)c(-c2csc(-c3ccc(C)cc3C)n2)c1. The van der Waals surface area contributed by atoms with Crippen LogP contribution < -0.4 is 9.47 Å². The second-order valence-electron chi connectivity index (χ2n) is 5.42. The van der Waals surface area contributed by atoms with E-state index >= 15 is 0 Å². The van der Waals surface area contributed by atoms with Crippen LogP contribution in [0.3, 0.4) is 0 Å². The maximum atomic E-state index is 5.46. The molecule has 0 N–H and O–H groups in total. The molecular formula is C19H19NO2S. The fourth-order valence-electron chi connectivity index (χ4n) is 2.59. The van der Waals surface area contributed by atoms with Gasteiger partial charge >= 0.3 is 0 Å². The summed E-state index contributed by atoms with van der Waals surface area (Å²) in [5, 5.41) is 3.08.